The Balaban J connectivity index is 1.50. The van der Waals surface area contributed by atoms with Crippen molar-refractivity contribution in [1.82, 2.24) is 13.5 Å². The molecule has 1 amide bonds. The minimum absolute atomic E-state index is 0.187. The Labute approximate surface area is 176 Å². The Morgan fingerprint density at radius 1 is 0.929 bits per heavy atom. The molecule has 2 fully saturated rings. The zero-order chi connectivity index (χ0) is 20.1. The maximum atomic E-state index is 12.9. The average Bonchev–Trinajstić information content (AvgIpc) is 2.94. The van der Waals surface area contributed by atoms with Gasteiger partial charge >= 0.3 is 0 Å². The van der Waals surface area contributed by atoms with Gasteiger partial charge in [-0.15, -0.1) is 0 Å². The zero-order valence-electron chi connectivity index (χ0n) is 15.7. The van der Waals surface area contributed by atoms with Gasteiger partial charge in [0.2, 0.25) is 5.91 Å². The van der Waals surface area contributed by atoms with Crippen LogP contribution in [-0.2, 0) is 15.0 Å². The fourth-order valence-corrected chi connectivity index (χ4v) is 5.66. The molecule has 0 atom stereocenters. The number of amides is 1. The number of carbonyl (C=O) groups is 1. The molecule has 3 rings (SSSR count). The Morgan fingerprint density at radius 2 is 1.54 bits per heavy atom. The van der Waals surface area contributed by atoms with Crippen LogP contribution >= 0.6 is 23.2 Å². The minimum Gasteiger partial charge on any atom is -0.324 e. The molecule has 0 saturated carbocycles. The van der Waals surface area contributed by atoms with E-state index in [0.717, 1.165) is 25.7 Å². The molecule has 2 aliphatic heterocycles. The van der Waals surface area contributed by atoms with Crippen LogP contribution in [0.3, 0.4) is 0 Å². The lowest BCUT2D eigenvalue weighted by atomic mass is 10.2. The Hall–Kier alpha value is -0.900. The van der Waals surface area contributed by atoms with Crippen LogP contribution in [0.15, 0.2) is 18.2 Å². The highest BCUT2D eigenvalue weighted by Gasteiger charge is 2.32. The van der Waals surface area contributed by atoms with Gasteiger partial charge in [0, 0.05) is 44.3 Å². The molecule has 0 spiro atoms. The molecule has 0 bridgehead atoms. The first-order chi connectivity index (χ1) is 13.4. The number of nitrogens with zero attached hydrogens (tertiary/aromatic N) is 3. The van der Waals surface area contributed by atoms with E-state index in [1.54, 1.807) is 26.8 Å². The number of benzene rings is 1. The average molecular weight is 449 g/mol. The molecule has 0 radical (unpaired) electrons. The lowest BCUT2D eigenvalue weighted by molar-refractivity contribution is -0.117. The van der Waals surface area contributed by atoms with Gasteiger partial charge in [0.25, 0.3) is 10.2 Å². The van der Waals surface area contributed by atoms with Crippen molar-refractivity contribution in [3.8, 4) is 0 Å². The van der Waals surface area contributed by atoms with Crippen LogP contribution in [0.1, 0.15) is 25.7 Å². The summed E-state index contributed by atoms with van der Waals surface area (Å²) in [5, 5.41) is 3.66. The van der Waals surface area contributed by atoms with Crippen molar-refractivity contribution in [2.24, 2.45) is 0 Å². The van der Waals surface area contributed by atoms with Crippen LogP contribution in [0.4, 0.5) is 5.69 Å². The molecule has 1 N–H and O–H groups in total. The van der Waals surface area contributed by atoms with Crippen LogP contribution in [0.5, 0.6) is 0 Å². The van der Waals surface area contributed by atoms with Crippen LogP contribution in [0.2, 0.25) is 10.0 Å². The quantitative estimate of drug-likeness (QED) is 0.751. The van der Waals surface area contributed by atoms with Gasteiger partial charge in [-0.25, -0.2) is 0 Å². The normalized spacial score (nSPS) is 20.6. The van der Waals surface area contributed by atoms with Crippen molar-refractivity contribution in [3.63, 3.8) is 0 Å². The smallest absolute Gasteiger partial charge is 0.282 e. The summed E-state index contributed by atoms with van der Waals surface area (Å²) in [5.41, 5.74) is 0.512. The van der Waals surface area contributed by atoms with Crippen LogP contribution in [-0.4, -0.2) is 73.6 Å². The van der Waals surface area contributed by atoms with Gasteiger partial charge in [0.1, 0.15) is 0 Å². The monoisotopic (exact) mass is 448 g/mol. The summed E-state index contributed by atoms with van der Waals surface area (Å²) in [7, 11) is -3.41. The second-order valence-electron chi connectivity index (χ2n) is 7.17. The first-order valence-electron chi connectivity index (χ1n) is 9.59. The second kappa shape index (κ2) is 9.73. The van der Waals surface area contributed by atoms with E-state index in [2.05, 4.69) is 5.32 Å². The summed E-state index contributed by atoms with van der Waals surface area (Å²) in [6, 6.07) is 4.90. The van der Waals surface area contributed by atoms with E-state index < -0.39 is 10.2 Å². The third-order valence-corrected chi connectivity index (χ3v) is 7.70. The molecule has 0 aromatic heterocycles. The molecule has 1 aromatic carbocycles. The summed E-state index contributed by atoms with van der Waals surface area (Å²) < 4.78 is 28.9. The van der Waals surface area contributed by atoms with E-state index in [-0.39, 0.29) is 12.5 Å². The van der Waals surface area contributed by atoms with Gasteiger partial charge in [-0.05, 0) is 31.0 Å². The summed E-state index contributed by atoms with van der Waals surface area (Å²) in [6.45, 7) is 3.24. The highest BCUT2D eigenvalue weighted by atomic mass is 35.5. The van der Waals surface area contributed by atoms with Gasteiger partial charge in [-0.1, -0.05) is 36.0 Å². The van der Waals surface area contributed by atoms with E-state index in [0.29, 0.717) is 55.0 Å². The van der Waals surface area contributed by atoms with Crippen molar-refractivity contribution >= 4 is 45.0 Å². The lowest BCUT2D eigenvalue weighted by Crippen LogP contribution is -2.54. The molecule has 7 nitrogen and oxygen atoms in total. The van der Waals surface area contributed by atoms with Crippen LogP contribution in [0.25, 0.3) is 0 Å². The zero-order valence-corrected chi connectivity index (χ0v) is 18.1. The van der Waals surface area contributed by atoms with E-state index in [1.165, 1.54) is 0 Å². The summed E-state index contributed by atoms with van der Waals surface area (Å²) in [4.78, 5) is 14.2. The van der Waals surface area contributed by atoms with Gasteiger partial charge in [0.05, 0.1) is 17.3 Å². The SMILES string of the molecule is O=C(CN1CCN(S(=O)(=O)N2CCCCCC2)CC1)Nc1ccc(Cl)cc1Cl. The highest BCUT2D eigenvalue weighted by molar-refractivity contribution is 7.86. The number of anilines is 1. The number of hydrogen-bond donors (Lipinski definition) is 1. The van der Waals surface area contributed by atoms with E-state index in [1.807, 2.05) is 4.90 Å². The molecule has 0 unspecified atom stereocenters. The van der Waals surface area contributed by atoms with E-state index in [4.69, 9.17) is 23.2 Å². The van der Waals surface area contributed by atoms with Crippen molar-refractivity contribution in [2.75, 3.05) is 51.1 Å². The third kappa shape index (κ3) is 5.58. The molecular weight excluding hydrogens is 423 g/mol. The third-order valence-electron chi connectivity index (χ3n) is 5.12. The molecule has 1 aromatic rings. The fraction of sp³-hybridized carbons (Fsp3) is 0.611. The molecule has 2 aliphatic rings. The lowest BCUT2D eigenvalue weighted by Gasteiger charge is -2.36. The van der Waals surface area contributed by atoms with Crippen molar-refractivity contribution in [2.45, 2.75) is 25.7 Å². The van der Waals surface area contributed by atoms with Gasteiger partial charge in [0.15, 0.2) is 0 Å². The summed E-state index contributed by atoms with van der Waals surface area (Å²) in [5.74, 6) is -0.187. The number of rotatable bonds is 5. The predicted octanol–water partition coefficient (Wildman–Crippen LogP) is 2.67. The Bertz CT molecular complexity index is 790. The van der Waals surface area contributed by atoms with Gasteiger partial charge in [-0.3, -0.25) is 9.69 Å². The van der Waals surface area contributed by atoms with Crippen molar-refractivity contribution in [1.29, 1.82) is 0 Å². The molecule has 28 heavy (non-hydrogen) atoms. The predicted molar refractivity (Wildman–Crippen MR) is 112 cm³/mol. The minimum atomic E-state index is -3.41. The summed E-state index contributed by atoms with van der Waals surface area (Å²) in [6.07, 6.45) is 4.03. The fourth-order valence-electron chi connectivity index (χ4n) is 3.54. The van der Waals surface area contributed by atoms with Crippen LogP contribution in [0, 0.1) is 0 Å². The van der Waals surface area contributed by atoms with Crippen LogP contribution < -0.4 is 5.32 Å². The molecule has 2 saturated heterocycles. The molecule has 10 heteroatoms. The molecule has 0 aliphatic carbocycles. The van der Waals surface area contributed by atoms with Crippen molar-refractivity contribution < 1.29 is 13.2 Å². The molecule has 2 heterocycles. The standard InChI is InChI=1S/C18H26Cl2N4O3S/c19-15-5-6-17(16(20)13-15)21-18(25)14-22-9-11-24(12-10-22)28(26,27)23-7-3-1-2-4-8-23/h5-6,13H,1-4,7-12,14H2,(H,21,25). The topological polar surface area (TPSA) is 73.0 Å². The number of hydrogen-bond acceptors (Lipinski definition) is 4. The highest BCUT2D eigenvalue weighted by Crippen LogP contribution is 2.25. The maximum Gasteiger partial charge on any atom is 0.282 e. The number of carbonyl (C=O) groups excluding carboxylic acids is 1. The first-order valence-corrected chi connectivity index (χ1v) is 11.7. The number of halogens is 2. The Morgan fingerprint density at radius 3 is 2.14 bits per heavy atom. The Kier molecular flexibility index (Phi) is 7.58. The molecule has 156 valence electrons. The van der Waals surface area contributed by atoms with Gasteiger partial charge < -0.3 is 5.32 Å². The number of nitrogens with one attached hydrogen (secondary N) is 1. The largest absolute Gasteiger partial charge is 0.324 e. The first kappa shape index (κ1) is 21.8. The summed E-state index contributed by atoms with van der Waals surface area (Å²) >= 11 is 11.9. The second-order valence-corrected chi connectivity index (χ2v) is 9.94. The van der Waals surface area contributed by atoms with Gasteiger partial charge in [-0.2, -0.15) is 17.0 Å². The number of piperazine rings is 1. The van der Waals surface area contributed by atoms with Crippen molar-refractivity contribution in [3.05, 3.63) is 28.2 Å². The van der Waals surface area contributed by atoms with E-state index >= 15 is 0 Å². The maximum absolute atomic E-state index is 12.9. The molecular formula is C18H26Cl2N4O3S. The van der Waals surface area contributed by atoms with E-state index in [9.17, 15) is 13.2 Å².